The highest BCUT2D eigenvalue weighted by atomic mass is 16.2. The molecule has 0 bridgehead atoms. The molecule has 0 saturated heterocycles. The van der Waals surface area contributed by atoms with Crippen molar-refractivity contribution in [3.05, 3.63) is 0 Å². The van der Waals surface area contributed by atoms with Crippen molar-refractivity contribution < 1.29 is 19.2 Å². The van der Waals surface area contributed by atoms with E-state index in [0.29, 0.717) is 13.0 Å². The molecule has 0 unspecified atom stereocenters. The van der Waals surface area contributed by atoms with E-state index >= 15 is 0 Å². The number of carbonyl (C=O) groups excluding carboxylic acids is 4. The van der Waals surface area contributed by atoms with Crippen LogP contribution in [0.5, 0.6) is 0 Å². The van der Waals surface area contributed by atoms with Crippen molar-refractivity contribution in [1.82, 2.24) is 21.3 Å². The van der Waals surface area contributed by atoms with Crippen LogP contribution in [0.3, 0.4) is 0 Å². The number of hydrogen-bond acceptors (Lipinski definition) is 4. The lowest BCUT2D eigenvalue weighted by molar-refractivity contribution is -0.127. The molecular formula is C9H16N4O4. The van der Waals surface area contributed by atoms with Crippen molar-refractivity contribution in [2.24, 2.45) is 0 Å². The minimum Gasteiger partial charge on any atom is -0.355 e. The van der Waals surface area contributed by atoms with Gasteiger partial charge in [-0.1, -0.05) is 0 Å². The summed E-state index contributed by atoms with van der Waals surface area (Å²) in [6.07, 6.45) is 0.384. The monoisotopic (exact) mass is 244 g/mol. The third-order valence-electron chi connectivity index (χ3n) is 1.61. The van der Waals surface area contributed by atoms with Crippen molar-refractivity contribution in [3.8, 4) is 0 Å². The Bertz CT molecular complexity index is 293. The minimum absolute atomic E-state index is 0.130. The van der Waals surface area contributed by atoms with Gasteiger partial charge in [0.1, 0.15) is 0 Å². The molecule has 0 rings (SSSR count). The summed E-state index contributed by atoms with van der Waals surface area (Å²) in [6, 6.07) is 0. The summed E-state index contributed by atoms with van der Waals surface area (Å²) in [7, 11) is 0. The number of carbonyl (C=O) groups is 4. The van der Waals surface area contributed by atoms with E-state index in [2.05, 4.69) is 21.3 Å². The van der Waals surface area contributed by atoms with Crippen LogP contribution >= 0.6 is 0 Å². The lowest BCUT2D eigenvalue weighted by atomic mass is 10.5. The third-order valence-corrected chi connectivity index (χ3v) is 1.61. The lowest BCUT2D eigenvalue weighted by Crippen LogP contribution is -2.43. The summed E-state index contributed by atoms with van der Waals surface area (Å²) in [5, 5.41) is 9.25. The van der Waals surface area contributed by atoms with Gasteiger partial charge in [-0.3, -0.25) is 19.2 Å². The maximum atomic E-state index is 11.1. The second kappa shape index (κ2) is 9.13. The van der Waals surface area contributed by atoms with Crippen molar-refractivity contribution in [1.29, 1.82) is 0 Å². The largest absolute Gasteiger partial charge is 0.355 e. The van der Waals surface area contributed by atoms with Crippen LogP contribution in [0.15, 0.2) is 0 Å². The van der Waals surface area contributed by atoms with Crippen LogP contribution in [0.1, 0.15) is 6.92 Å². The first kappa shape index (κ1) is 14.9. The molecule has 4 N–H and O–H groups in total. The lowest BCUT2D eigenvalue weighted by Gasteiger charge is -2.06. The van der Waals surface area contributed by atoms with Crippen molar-refractivity contribution in [3.63, 3.8) is 0 Å². The number of nitrogens with one attached hydrogen (secondary N) is 4. The van der Waals surface area contributed by atoms with Gasteiger partial charge >= 0.3 is 0 Å². The molecule has 0 aromatic heterocycles. The average molecular weight is 244 g/mol. The number of amides is 4. The Kier molecular flexibility index (Phi) is 7.99. The fourth-order valence-corrected chi connectivity index (χ4v) is 0.877. The predicted molar refractivity (Wildman–Crippen MR) is 58.8 cm³/mol. The molecule has 0 fully saturated rings. The fraction of sp³-hybridized carbons (Fsp3) is 0.556. The van der Waals surface area contributed by atoms with E-state index in [1.165, 1.54) is 0 Å². The first-order valence-corrected chi connectivity index (χ1v) is 5.07. The normalized spacial score (nSPS) is 9.00. The standard InChI is InChI=1S/C9H16N4O4/c1-2-11-8(16)4-13-9(17)5-12-7(15)3-10-6-14/h6H,2-5H2,1H3,(H,10,14)(H,11,16)(H,12,15)(H,13,17). The average Bonchev–Trinajstić information content (AvgIpc) is 2.31. The van der Waals surface area contributed by atoms with Crippen LogP contribution in [0, 0.1) is 0 Å². The highest BCUT2D eigenvalue weighted by Crippen LogP contribution is 1.68. The Morgan fingerprint density at radius 2 is 1.35 bits per heavy atom. The molecule has 0 aromatic carbocycles. The number of hydrogen-bond donors (Lipinski definition) is 4. The fourth-order valence-electron chi connectivity index (χ4n) is 0.877. The third kappa shape index (κ3) is 8.85. The number of rotatable bonds is 8. The zero-order valence-electron chi connectivity index (χ0n) is 9.54. The molecule has 0 aromatic rings. The van der Waals surface area contributed by atoms with Crippen molar-refractivity contribution in [2.45, 2.75) is 6.92 Å². The molecule has 4 amide bonds. The highest BCUT2D eigenvalue weighted by molar-refractivity contribution is 5.88. The van der Waals surface area contributed by atoms with Crippen LogP contribution in [-0.4, -0.2) is 50.3 Å². The molecule has 8 nitrogen and oxygen atoms in total. The maximum Gasteiger partial charge on any atom is 0.239 e. The van der Waals surface area contributed by atoms with E-state index in [1.54, 1.807) is 6.92 Å². The molecule has 0 heterocycles. The topological polar surface area (TPSA) is 116 Å². The second-order valence-electron chi connectivity index (χ2n) is 3.01. The molecule has 8 heteroatoms. The van der Waals surface area contributed by atoms with Gasteiger partial charge in [-0.25, -0.2) is 0 Å². The molecule has 0 spiro atoms. The quantitative estimate of drug-likeness (QED) is 0.343. The van der Waals surface area contributed by atoms with Crippen molar-refractivity contribution in [2.75, 3.05) is 26.2 Å². The van der Waals surface area contributed by atoms with E-state index in [0.717, 1.165) is 0 Å². The van der Waals surface area contributed by atoms with E-state index in [4.69, 9.17) is 0 Å². The molecule has 0 aliphatic carbocycles. The predicted octanol–water partition coefficient (Wildman–Crippen LogP) is -2.90. The van der Waals surface area contributed by atoms with Crippen LogP contribution < -0.4 is 21.3 Å². The van der Waals surface area contributed by atoms with Gasteiger partial charge in [0, 0.05) is 6.54 Å². The molecule has 0 aliphatic rings. The van der Waals surface area contributed by atoms with Crippen LogP contribution in [0.2, 0.25) is 0 Å². The first-order valence-electron chi connectivity index (χ1n) is 5.07. The van der Waals surface area contributed by atoms with Gasteiger partial charge < -0.3 is 21.3 Å². The van der Waals surface area contributed by atoms with Crippen LogP contribution in [0.25, 0.3) is 0 Å². The van der Waals surface area contributed by atoms with E-state index < -0.39 is 11.8 Å². The summed E-state index contributed by atoms with van der Waals surface area (Å²) in [4.78, 5) is 42.9. The van der Waals surface area contributed by atoms with Crippen molar-refractivity contribution >= 4 is 24.1 Å². The van der Waals surface area contributed by atoms with Gasteiger partial charge in [0.05, 0.1) is 19.6 Å². The molecule has 0 radical (unpaired) electrons. The summed E-state index contributed by atoms with van der Waals surface area (Å²) in [5.74, 6) is -1.25. The number of likely N-dealkylation sites (N-methyl/N-ethyl adjacent to an activating group) is 1. The summed E-state index contributed by atoms with van der Waals surface area (Å²) in [6.45, 7) is 1.70. The summed E-state index contributed by atoms with van der Waals surface area (Å²) < 4.78 is 0. The molecule has 17 heavy (non-hydrogen) atoms. The van der Waals surface area contributed by atoms with Gasteiger partial charge in [0.25, 0.3) is 0 Å². The van der Waals surface area contributed by atoms with Gasteiger partial charge in [-0.05, 0) is 6.92 Å². The van der Waals surface area contributed by atoms with Gasteiger partial charge in [0.15, 0.2) is 0 Å². The van der Waals surface area contributed by atoms with Gasteiger partial charge in [-0.15, -0.1) is 0 Å². The summed E-state index contributed by atoms with van der Waals surface area (Å²) >= 11 is 0. The van der Waals surface area contributed by atoms with E-state index in [-0.39, 0.29) is 25.5 Å². The van der Waals surface area contributed by atoms with Crippen LogP contribution in [0.4, 0.5) is 0 Å². The Hall–Kier alpha value is -2.12. The Morgan fingerprint density at radius 3 is 1.82 bits per heavy atom. The van der Waals surface area contributed by atoms with Gasteiger partial charge in [-0.2, -0.15) is 0 Å². The Morgan fingerprint density at radius 1 is 0.882 bits per heavy atom. The van der Waals surface area contributed by atoms with Crippen LogP contribution in [-0.2, 0) is 19.2 Å². The zero-order chi connectivity index (χ0) is 13.1. The SMILES string of the molecule is CCNC(=O)CNC(=O)CNC(=O)CNC=O. The Labute approximate surface area is 98.5 Å². The molecular weight excluding hydrogens is 228 g/mol. The zero-order valence-corrected chi connectivity index (χ0v) is 9.54. The maximum absolute atomic E-state index is 11.1. The Balaban J connectivity index is 3.62. The van der Waals surface area contributed by atoms with E-state index in [1.807, 2.05) is 0 Å². The summed E-state index contributed by atoms with van der Waals surface area (Å²) in [5.41, 5.74) is 0. The van der Waals surface area contributed by atoms with E-state index in [9.17, 15) is 19.2 Å². The smallest absolute Gasteiger partial charge is 0.239 e. The highest BCUT2D eigenvalue weighted by Gasteiger charge is 2.06. The first-order chi connectivity index (χ1) is 8.10. The molecule has 0 atom stereocenters. The molecule has 0 aliphatic heterocycles. The minimum atomic E-state index is -0.481. The second-order valence-corrected chi connectivity index (χ2v) is 3.01. The molecule has 96 valence electrons. The molecule has 0 saturated carbocycles. The van der Waals surface area contributed by atoms with Gasteiger partial charge in [0.2, 0.25) is 24.1 Å².